The topological polar surface area (TPSA) is 73.6 Å². The van der Waals surface area contributed by atoms with Crippen LogP contribution in [-0.4, -0.2) is 32.3 Å². The fourth-order valence-electron chi connectivity index (χ4n) is 1.62. The minimum Gasteiger partial charge on any atom is -0.491 e. The number of nitrogens with two attached hydrogens (primary N) is 1. The molecule has 0 radical (unpaired) electrons. The van der Waals surface area contributed by atoms with Crippen molar-refractivity contribution in [3.8, 4) is 5.75 Å². The van der Waals surface area contributed by atoms with Crippen LogP contribution in [0.25, 0.3) is 0 Å². The number of ether oxygens (including phenoxy) is 2. The zero-order valence-corrected chi connectivity index (χ0v) is 12.1. The molecule has 1 aromatic carbocycles. The van der Waals surface area contributed by atoms with Gasteiger partial charge < -0.3 is 20.5 Å². The average Bonchev–Trinajstić information content (AvgIpc) is 2.40. The Balaban J connectivity index is 2.55. The summed E-state index contributed by atoms with van der Waals surface area (Å²) in [4.78, 5) is 12.1. The second-order valence-corrected chi connectivity index (χ2v) is 4.42. The number of rotatable bonds is 8. The molecule has 0 aliphatic rings. The largest absolute Gasteiger partial charge is 0.491 e. The molecule has 0 saturated carbocycles. The molecule has 0 aliphatic carbocycles. The molecular formula is C15H22N2O3. The number of nitrogen functional groups attached to an aromatic ring is 1. The SMILES string of the molecule is C=C(C)COCCNC(=O)c1cccc(N)c1OCC. The Morgan fingerprint density at radius 3 is 2.85 bits per heavy atom. The molecule has 5 nitrogen and oxygen atoms in total. The number of amides is 1. The van der Waals surface area contributed by atoms with Crippen LogP contribution in [-0.2, 0) is 4.74 Å². The van der Waals surface area contributed by atoms with Crippen molar-refractivity contribution in [2.75, 3.05) is 32.1 Å². The van der Waals surface area contributed by atoms with Crippen molar-refractivity contribution in [2.24, 2.45) is 0 Å². The number of nitrogens with one attached hydrogen (secondary N) is 1. The molecule has 0 heterocycles. The molecule has 0 fully saturated rings. The third-order valence-corrected chi connectivity index (χ3v) is 2.46. The van der Waals surface area contributed by atoms with Gasteiger partial charge in [-0.15, -0.1) is 0 Å². The van der Waals surface area contributed by atoms with Crippen molar-refractivity contribution in [1.29, 1.82) is 0 Å². The van der Waals surface area contributed by atoms with Crippen LogP contribution in [0.1, 0.15) is 24.2 Å². The van der Waals surface area contributed by atoms with Crippen LogP contribution in [0.3, 0.4) is 0 Å². The highest BCUT2D eigenvalue weighted by molar-refractivity contribution is 5.98. The molecule has 0 aromatic heterocycles. The van der Waals surface area contributed by atoms with Gasteiger partial charge in [-0.3, -0.25) is 4.79 Å². The van der Waals surface area contributed by atoms with Gasteiger partial charge in [0.15, 0.2) is 5.75 Å². The summed E-state index contributed by atoms with van der Waals surface area (Å²) in [6, 6.07) is 5.12. The van der Waals surface area contributed by atoms with Gasteiger partial charge in [-0.2, -0.15) is 0 Å². The number of benzene rings is 1. The number of carbonyl (C=O) groups is 1. The van der Waals surface area contributed by atoms with E-state index in [-0.39, 0.29) is 5.91 Å². The lowest BCUT2D eigenvalue weighted by molar-refractivity contribution is 0.0923. The highest BCUT2D eigenvalue weighted by Crippen LogP contribution is 2.26. The maximum atomic E-state index is 12.1. The minimum atomic E-state index is -0.223. The van der Waals surface area contributed by atoms with Crippen molar-refractivity contribution >= 4 is 11.6 Å². The monoisotopic (exact) mass is 278 g/mol. The molecule has 1 amide bonds. The summed E-state index contributed by atoms with van der Waals surface area (Å²) < 4.78 is 10.7. The molecule has 110 valence electrons. The van der Waals surface area contributed by atoms with Crippen molar-refractivity contribution < 1.29 is 14.3 Å². The Morgan fingerprint density at radius 1 is 1.45 bits per heavy atom. The van der Waals surface area contributed by atoms with Gasteiger partial charge >= 0.3 is 0 Å². The highest BCUT2D eigenvalue weighted by Gasteiger charge is 2.14. The Bertz CT molecular complexity index is 472. The first-order chi connectivity index (χ1) is 9.56. The van der Waals surface area contributed by atoms with E-state index in [9.17, 15) is 4.79 Å². The Morgan fingerprint density at radius 2 is 2.20 bits per heavy atom. The number of carbonyl (C=O) groups excluding carboxylic acids is 1. The fraction of sp³-hybridized carbons (Fsp3) is 0.400. The zero-order chi connectivity index (χ0) is 15.0. The molecule has 0 aliphatic heterocycles. The number of para-hydroxylation sites is 1. The van der Waals surface area contributed by atoms with Crippen LogP contribution < -0.4 is 15.8 Å². The lowest BCUT2D eigenvalue weighted by Crippen LogP contribution is -2.28. The summed E-state index contributed by atoms with van der Waals surface area (Å²) in [5.74, 6) is 0.204. The van der Waals surface area contributed by atoms with Gasteiger partial charge in [-0.1, -0.05) is 18.2 Å². The van der Waals surface area contributed by atoms with Crippen LogP contribution in [0.15, 0.2) is 30.4 Å². The summed E-state index contributed by atoms with van der Waals surface area (Å²) >= 11 is 0. The first kappa shape index (κ1) is 16.0. The molecule has 1 rings (SSSR count). The van der Waals surface area contributed by atoms with E-state index >= 15 is 0 Å². The van der Waals surface area contributed by atoms with E-state index in [4.69, 9.17) is 15.2 Å². The molecule has 20 heavy (non-hydrogen) atoms. The lowest BCUT2D eigenvalue weighted by Gasteiger charge is -2.12. The summed E-state index contributed by atoms with van der Waals surface area (Å²) in [6.07, 6.45) is 0. The molecule has 0 saturated heterocycles. The lowest BCUT2D eigenvalue weighted by atomic mass is 10.1. The Kier molecular flexibility index (Phi) is 6.59. The van der Waals surface area contributed by atoms with Gasteiger partial charge in [0.25, 0.3) is 5.91 Å². The fourth-order valence-corrected chi connectivity index (χ4v) is 1.62. The van der Waals surface area contributed by atoms with Crippen molar-refractivity contribution in [2.45, 2.75) is 13.8 Å². The maximum Gasteiger partial charge on any atom is 0.255 e. The highest BCUT2D eigenvalue weighted by atomic mass is 16.5. The van der Waals surface area contributed by atoms with Crippen molar-refractivity contribution in [1.82, 2.24) is 5.32 Å². The molecule has 0 bridgehead atoms. The molecule has 0 spiro atoms. The van der Waals surface area contributed by atoms with Crippen molar-refractivity contribution in [3.63, 3.8) is 0 Å². The van der Waals surface area contributed by atoms with Crippen LogP contribution in [0, 0.1) is 0 Å². The Labute approximate surface area is 119 Å². The molecule has 1 aromatic rings. The van der Waals surface area contributed by atoms with E-state index in [0.717, 1.165) is 5.57 Å². The smallest absolute Gasteiger partial charge is 0.255 e. The van der Waals surface area contributed by atoms with E-state index in [1.165, 1.54) is 0 Å². The molecule has 0 unspecified atom stereocenters. The third kappa shape index (κ3) is 4.93. The van der Waals surface area contributed by atoms with Crippen LogP contribution in [0.2, 0.25) is 0 Å². The number of hydrogen-bond donors (Lipinski definition) is 2. The first-order valence-corrected chi connectivity index (χ1v) is 6.57. The van der Waals surface area contributed by atoms with Gasteiger partial charge in [-0.25, -0.2) is 0 Å². The predicted molar refractivity (Wildman–Crippen MR) is 80.0 cm³/mol. The Hall–Kier alpha value is -2.01. The third-order valence-electron chi connectivity index (χ3n) is 2.46. The zero-order valence-electron chi connectivity index (χ0n) is 12.1. The molecule has 5 heteroatoms. The van der Waals surface area contributed by atoms with Crippen molar-refractivity contribution in [3.05, 3.63) is 35.9 Å². The minimum absolute atomic E-state index is 0.223. The quantitative estimate of drug-likeness (QED) is 0.433. The van der Waals surface area contributed by atoms with Gasteiger partial charge in [0.2, 0.25) is 0 Å². The van der Waals surface area contributed by atoms with E-state index in [1.807, 2.05) is 13.8 Å². The molecule has 0 atom stereocenters. The summed E-state index contributed by atoms with van der Waals surface area (Å²) in [7, 11) is 0. The van der Waals surface area contributed by atoms with Crippen LogP contribution in [0.5, 0.6) is 5.75 Å². The van der Waals surface area contributed by atoms with Gasteiger partial charge in [0.1, 0.15) is 0 Å². The van der Waals surface area contributed by atoms with Gasteiger partial charge in [0.05, 0.1) is 31.1 Å². The second-order valence-electron chi connectivity index (χ2n) is 4.42. The van der Waals surface area contributed by atoms with E-state index in [2.05, 4.69) is 11.9 Å². The van der Waals surface area contributed by atoms with Gasteiger partial charge in [0, 0.05) is 6.54 Å². The second kappa shape index (κ2) is 8.22. The van der Waals surface area contributed by atoms with E-state index in [0.29, 0.717) is 43.4 Å². The number of hydrogen-bond acceptors (Lipinski definition) is 4. The number of anilines is 1. The molecule has 3 N–H and O–H groups in total. The van der Waals surface area contributed by atoms with E-state index in [1.54, 1.807) is 18.2 Å². The maximum absolute atomic E-state index is 12.1. The normalized spacial score (nSPS) is 10.1. The van der Waals surface area contributed by atoms with Crippen LogP contribution in [0.4, 0.5) is 5.69 Å². The average molecular weight is 278 g/mol. The van der Waals surface area contributed by atoms with Gasteiger partial charge in [-0.05, 0) is 26.0 Å². The van der Waals surface area contributed by atoms with Crippen LogP contribution >= 0.6 is 0 Å². The predicted octanol–water partition coefficient (Wildman–Crippen LogP) is 1.99. The standard InChI is InChI=1S/C15H22N2O3/c1-4-20-14-12(6-5-7-13(14)16)15(18)17-8-9-19-10-11(2)3/h5-7H,2,4,8-10,16H2,1,3H3,(H,17,18). The first-order valence-electron chi connectivity index (χ1n) is 6.57. The summed E-state index contributed by atoms with van der Waals surface area (Å²) in [5, 5.41) is 2.77. The molecular weight excluding hydrogens is 256 g/mol. The summed E-state index contributed by atoms with van der Waals surface area (Å²) in [6.45, 7) is 9.28. The van der Waals surface area contributed by atoms with E-state index < -0.39 is 0 Å². The summed E-state index contributed by atoms with van der Waals surface area (Å²) in [5.41, 5.74) is 7.66.